The summed E-state index contributed by atoms with van der Waals surface area (Å²) in [6.07, 6.45) is 1.05. The zero-order valence-corrected chi connectivity index (χ0v) is 21.5. The van der Waals surface area contributed by atoms with Gasteiger partial charge in [0.05, 0.1) is 13.3 Å². The standard InChI is InChI=1S/C25H21FN8O7/c1-11-28-21(33-41-11)12-3-5-13(6-4-12)29-18(14-9-16(38-2)19-20(17(14)26)40-8-7-39-19)22-30-25(37)34(32-22)23-15(24(35)36)10-27-31-23/h3-6,9-10,18,29H,7-8H2,1-2H3,(H,27,31)(H,35,36)(H,30,32,37). The van der Waals surface area contributed by atoms with Crippen LogP contribution in [0.2, 0.25) is 0 Å². The minimum absolute atomic E-state index is 0.00735. The smallest absolute Gasteiger partial charge is 0.349 e. The van der Waals surface area contributed by atoms with E-state index >= 15 is 4.39 Å². The van der Waals surface area contributed by atoms with E-state index in [-0.39, 0.29) is 53.2 Å². The molecule has 0 fully saturated rings. The molecule has 0 saturated heterocycles. The first kappa shape index (κ1) is 25.6. The van der Waals surface area contributed by atoms with E-state index in [4.69, 9.17) is 18.7 Å². The minimum atomic E-state index is -1.32. The predicted octanol–water partition coefficient (Wildman–Crippen LogP) is 2.46. The number of fused-ring (bicyclic) bond motifs is 1. The number of methoxy groups -OCH3 is 1. The highest BCUT2D eigenvalue weighted by molar-refractivity contribution is 5.90. The van der Waals surface area contributed by atoms with Crippen LogP contribution in [0.5, 0.6) is 17.2 Å². The molecule has 1 aliphatic rings. The average Bonchev–Trinajstić information content (AvgIpc) is 3.72. The van der Waals surface area contributed by atoms with Gasteiger partial charge in [0.2, 0.25) is 23.2 Å². The molecule has 0 amide bonds. The normalized spacial score (nSPS) is 13.1. The number of ether oxygens (including phenoxy) is 3. The van der Waals surface area contributed by atoms with Crippen LogP contribution in [0, 0.1) is 12.7 Å². The lowest BCUT2D eigenvalue weighted by Crippen LogP contribution is -2.21. The van der Waals surface area contributed by atoms with Crippen molar-refractivity contribution >= 4 is 11.7 Å². The van der Waals surface area contributed by atoms with Gasteiger partial charge in [0, 0.05) is 23.7 Å². The summed E-state index contributed by atoms with van der Waals surface area (Å²) in [5.74, 6) is -1.34. The molecule has 3 aromatic heterocycles. The predicted molar refractivity (Wildman–Crippen MR) is 137 cm³/mol. The summed E-state index contributed by atoms with van der Waals surface area (Å²) in [4.78, 5) is 31.3. The van der Waals surface area contributed by atoms with E-state index in [1.54, 1.807) is 31.2 Å². The number of rotatable bonds is 8. The maximum absolute atomic E-state index is 16.0. The molecule has 6 rings (SSSR count). The van der Waals surface area contributed by atoms with E-state index in [0.29, 0.717) is 23.0 Å². The van der Waals surface area contributed by atoms with E-state index in [1.165, 1.54) is 13.2 Å². The molecule has 2 aromatic carbocycles. The maximum Gasteiger partial charge on any atom is 0.349 e. The average molecular weight is 564 g/mol. The van der Waals surface area contributed by atoms with Gasteiger partial charge in [-0.05, 0) is 30.3 Å². The largest absolute Gasteiger partial charge is 0.493 e. The van der Waals surface area contributed by atoms with E-state index < -0.39 is 23.5 Å². The number of aryl methyl sites for hydroxylation is 1. The molecular weight excluding hydrogens is 543 g/mol. The molecule has 0 spiro atoms. The first-order valence-electron chi connectivity index (χ1n) is 12.1. The van der Waals surface area contributed by atoms with Crippen molar-refractivity contribution in [3.05, 3.63) is 75.7 Å². The zero-order chi connectivity index (χ0) is 28.7. The van der Waals surface area contributed by atoms with Gasteiger partial charge < -0.3 is 29.2 Å². The van der Waals surface area contributed by atoms with Crippen molar-refractivity contribution in [1.29, 1.82) is 0 Å². The molecule has 16 heteroatoms. The van der Waals surface area contributed by atoms with Gasteiger partial charge in [-0.25, -0.2) is 14.0 Å². The first-order chi connectivity index (χ1) is 19.8. The number of nitrogens with one attached hydrogen (secondary N) is 3. The molecule has 15 nitrogen and oxygen atoms in total. The van der Waals surface area contributed by atoms with Gasteiger partial charge in [0.25, 0.3) is 0 Å². The van der Waals surface area contributed by atoms with Gasteiger partial charge in [-0.1, -0.05) is 5.16 Å². The summed E-state index contributed by atoms with van der Waals surface area (Å²) < 4.78 is 38.4. The SMILES string of the molecule is COc1cc(C(Nc2ccc(-c3noc(C)n3)cc2)c2nn(-c3[nH]ncc3C(=O)O)c(=O)[nH]2)c(F)c2c1OCCO2. The Morgan fingerprint density at radius 3 is 2.66 bits per heavy atom. The number of halogens is 1. The van der Waals surface area contributed by atoms with Crippen LogP contribution in [-0.4, -0.2) is 66.5 Å². The summed E-state index contributed by atoms with van der Waals surface area (Å²) in [6.45, 7) is 2.01. The summed E-state index contributed by atoms with van der Waals surface area (Å²) in [7, 11) is 1.40. The number of nitrogens with zero attached hydrogens (tertiary/aromatic N) is 5. The Morgan fingerprint density at radius 1 is 1.22 bits per heavy atom. The van der Waals surface area contributed by atoms with Crippen LogP contribution in [0.3, 0.4) is 0 Å². The molecule has 1 unspecified atom stereocenters. The lowest BCUT2D eigenvalue weighted by atomic mass is 10.0. The van der Waals surface area contributed by atoms with Crippen molar-refractivity contribution in [3.8, 4) is 34.5 Å². The van der Waals surface area contributed by atoms with Crippen LogP contribution in [0.25, 0.3) is 17.2 Å². The number of aromatic nitrogens is 7. The van der Waals surface area contributed by atoms with Crippen molar-refractivity contribution in [2.75, 3.05) is 25.6 Å². The lowest BCUT2D eigenvalue weighted by molar-refractivity contribution is 0.0696. The summed E-state index contributed by atoms with van der Waals surface area (Å²) in [5.41, 5.74) is 0.123. The van der Waals surface area contributed by atoms with Crippen molar-refractivity contribution < 1.29 is 33.0 Å². The van der Waals surface area contributed by atoms with Crippen LogP contribution in [0.1, 0.15) is 33.7 Å². The first-order valence-corrected chi connectivity index (χ1v) is 12.1. The third-order valence-corrected chi connectivity index (χ3v) is 6.23. The third-order valence-electron chi connectivity index (χ3n) is 6.23. The number of H-pyrrole nitrogens is 2. The number of carboxylic acids is 1. The molecule has 0 aliphatic carbocycles. The van der Waals surface area contributed by atoms with Crippen LogP contribution in [-0.2, 0) is 0 Å². The second kappa shape index (κ2) is 10.1. The number of carbonyl (C=O) groups is 1. The summed E-state index contributed by atoms with van der Waals surface area (Å²) in [6, 6.07) is 7.16. The molecule has 41 heavy (non-hydrogen) atoms. The van der Waals surface area contributed by atoms with Gasteiger partial charge in [-0.15, -0.1) is 5.10 Å². The fourth-order valence-corrected chi connectivity index (χ4v) is 4.34. The molecule has 210 valence electrons. The van der Waals surface area contributed by atoms with Crippen LogP contribution in [0.4, 0.5) is 10.1 Å². The number of hydrogen-bond acceptors (Lipinski definition) is 11. The van der Waals surface area contributed by atoms with E-state index in [1.807, 2.05) is 0 Å². The Kier molecular flexibility index (Phi) is 6.33. The quantitative estimate of drug-likeness (QED) is 0.215. The van der Waals surface area contributed by atoms with Gasteiger partial charge >= 0.3 is 11.7 Å². The Balaban J connectivity index is 1.46. The monoisotopic (exact) mass is 564 g/mol. The van der Waals surface area contributed by atoms with Gasteiger partial charge in [0.1, 0.15) is 24.8 Å². The fourth-order valence-electron chi connectivity index (χ4n) is 4.34. The zero-order valence-electron chi connectivity index (χ0n) is 21.5. The Morgan fingerprint density at radius 2 is 1.98 bits per heavy atom. The highest BCUT2D eigenvalue weighted by Crippen LogP contribution is 2.45. The number of carboxylic acid groups (broad SMARTS) is 1. The number of anilines is 1. The minimum Gasteiger partial charge on any atom is -0.493 e. The summed E-state index contributed by atoms with van der Waals surface area (Å²) in [5, 5.41) is 27.0. The lowest BCUT2D eigenvalue weighted by Gasteiger charge is -2.25. The van der Waals surface area contributed by atoms with Gasteiger partial charge in [-0.2, -0.15) is 14.8 Å². The topological polar surface area (TPSA) is 195 Å². The van der Waals surface area contributed by atoms with Crippen molar-refractivity contribution in [2.45, 2.75) is 13.0 Å². The van der Waals surface area contributed by atoms with Crippen LogP contribution < -0.4 is 25.2 Å². The molecule has 0 radical (unpaired) electrons. The molecule has 1 atom stereocenters. The van der Waals surface area contributed by atoms with Crippen molar-refractivity contribution in [1.82, 2.24) is 35.1 Å². The van der Waals surface area contributed by atoms with E-state index in [0.717, 1.165) is 10.9 Å². The Hall–Kier alpha value is -5.67. The Bertz CT molecular complexity index is 1810. The molecule has 5 aromatic rings. The maximum atomic E-state index is 16.0. The van der Waals surface area contributed by atoms with Crippen LogP contribution >= 0.6 is 0 Å². The third kappa shape index (κ3) is 4.60. The molecule has 4 heterocycles. The summed E-state index contributed by atoms with van der Waals surface area (Å²) >= 11 is 0. The van der Waals surface area contributed by atoms with E-state index in [2.05, 4.69) is 35.7 Å². The number of aromatic carboxylic acids is 1. The second-order valence-electron chi connectivity index (χ2n) is 8.79. The molecule has 0 saturated carbocycles. The molecular formula is C25H21FN8O7. The van der Waals surface area contributed by atoms with Crippen molar-refractivity contribution in [2.24, 2.45) is 0 Å². The van der Waals surface area contributed by atoms with Gasteiger partial charge in [0.15, 0.2) is 23.2 Å². The van der Waals surface area contributed by atoms with Crippen molar-refractivity contribution in [3.63, 3.8) is 0 Å². The van der Waals surface area contributed by atoms with E-state index in [9.17, 15) is 14.7 Å². The number of hydrogen-bond donors (Lipinski definition) is 4. The number of aromatic amines is 2. The number of benzene rings is 2. The molecule has 0 bridgehead atoms. The van der Waals surface area contributed by atoms with Gasteiger partial charge in [-0.3, -0.25) is 10.1 Å². The molecule has 1 aliphatic heterocycles. The fraction of sp³-hybridized carbons (Fsp3) is 0.200. The highest BCUT2D eigenvalue weighted by atomic mass is 19.1. The van der Waals surface area contributed by atoms with Crippen LogP contribution in [0.15, 0.2) is 45.8 Å². The Labute approximate surface area is 228 Å². The molecule has 4 N–H and O–H groups in total. The highest BCUT2D eigenvalue weighted by Gasteiger charge is 2.31. The second-order valence-corrected chi connectivity index (χ2v) is 8.79.